The Kier molecular flexibility index (Phi) is 4.42. The molecule has 0 heterocycles. The maximum atomic E-state index is 12.4. The van der Waals surface area contributed by atoms with Crippen molar-refractivity contribution in [3.63, 3.8) is 0 Å². The Morgan fingerprint density at radius 2 is 1.80 bits per heavy atom. The van der Waals surface area contributed by atoms with Crippen LogP contribution in [0.1, 0.15) is 11.1 Å². The van der Waals surface area contributed by atoms with Gasteiger partial charge in [-0.15, -0.1) is 0 Å². The first kappa shape index (κ1) is 15.4. The van der Waals surface area contributed by atoms with Gasteiger partial charge in [0.2, 0.25) is 0 Å². The molecule has 2 aromatic rings. The van der Waals surface area contributed by atoms with E-state index in [0.29, 0.717) is 20.7 Å². The van der Waals surface area contributed by atoms with E-state index < -0.39 is 10.0 Å². The summed E-state index contributed by atoms with van der Waals surface area (Å²) in [6, 6.07) is 10.1. The second-order valence-corrected chi connectivity index (χ2v) is 7.44. The van der Waals surface area contributed by atoms with Gasteiger partial charge < -0.3 is 0 Å². The van der Waals surface area contributed by atoms with E-state index >= 15 is 0 Å². The van der Waals surface area contributed by atoms with E-state index in [-0.39, 0.29) is 4.90 Å². The minimum absolute atomic E-state index is 0.268. The Morgan fingerprint density at radius 1 is 1.10 bits per heavy atom. The number of aryl methyl sites for hydroxylation is 2. The van der Waals surface area contributed by atoms with Crippen LogP contribution in [0.3, 0.4) is 0 Å². The molecule has 0 radical (unpaired) electrons. The Balaban J connectivity index is 2.41. The summed E-state index contributed by atoms with van der Waals surface area (Å²) >= 11 is 9.13. The molecule has 0 amide bonds. The molecule has 0 unspecified atom stereocenters. The zero-order valence-corrected chi connectivity index (χ0v) is 14.1. The zero-order chi connectivity index (χ0) is 14.9. The predicted octanol–water partition coefficient (Wildman–Crippen LogP) is 4.52. The summed E-state index contributed by atoms with van der Waals surface area (Å²) in [5.41, 5.74) is 2.19. The first-order valence-corrected chi connectivity index (χ1v) is 8.50. The van der Waals surface area contributed by atoms with Crippen molar-refractivity contribution in [1.82, 2.24) is 0 Å². The van der Waals surface area contributed by atoms with E-state index in [1.807, 2.05) is 13.0 Å². The molecule has 2 rings (SSSR count). The van der Waals surface area contributed by atoms with Crippen molar-refractivity contribution in [1.29, 1.82) is 0 Å². The van der Waals surface area contributed by atoms with Gasteiger partial charge in [0.05, 0.1) is 10.6 Å². The van der Waals surface area contributed by atoms with E-state index in [1.54, 1.807) is 37.3 Å². The van der Waals surface area contributed by atoms with Gasteiger partial charge in [-0.1, -0.05) is 29.3 Å². The fourth-order valence-electron chi connectivity index (χ4n) is 1.87. The molecular formula is C14H13BrClNO2S. The van der Waals surface area contributed by atoms with Crippen LogP contribution in [0.25, 0.3) is 0 Å². The van der Waals surface area contributed by atoms with Crippen LogP contribution >= 0.6 is 27.5 Å². The second-order valence-electron chi connectivity index (χ2n) is 4.50. The molecule has 0 fully saturated rings. The largest absolute Gasteiger partial charge is 0.278 e. The molecular weight excluding hydrogens is 362 g/mol. The summed E-state index contributed by atoms with van der Waals surface area (Å²) in [7, 11) is -3.62. The molecule has 106 valence electrons. The average Bonchev–Trinajstić information content (AvgIpc) is 2.32. The highest BCUT2D eigenvalue weighted by atomic mass is 79.9. The third-order valence-corrected chi connectivity index (χ3v) is 5.21. The third kappa shape index (κ3) is 3.34. The van der Waals surface area contributed by atoms with Crippen molar-refractivity contribution >= 4 is 43.2 Å². The molecule has 0 bridgehead atoms. The summed E-state index contributed by atoms with van der Waals surface area (Å²) in [6.45, 7) is 3.70. The molecule has 3 nitrogen and oxygen atoms in total. The Morgan fingerprint density at radius 3 is 2.40 bits per heavy atom. The van der Waals surface area contributed by atoms with Gasteiger partial charge in [-0.2, -0.15) is 0 Å². The summed E-state index contributed by atoms with van der Waals surface area (Å²) in [6.07, 6.45) is 0. The van der Waals surface area contributed by atoms with Crippen LogP contribution in [0, 0.1) is 13.8 Å². The van der Waals surface area contributed by atoms with Crippen molar-refractivity contribution in [2.45, 2.75) is 18.7 Å². The fourth-order valence-corrected chi connectivity index (χ4v) is 4.09. The van der Waals surface area contributed by atoms with Gasteiger partial charge >= 0.3 is 0 Å². The average molecular weight is 375 g/mol. The summed E-state index contributed by atoms with van der Waals surface area (Å²) in [4.78, 5) is 0.268. The minimum Gasteiger partial charge on any atom is -0.278 e. The molecule has 1 N–H and O–H groups in total. The van der Waals surface area contributed by atoms with E-state index in [1.165, 1.54) is 0 Å². The normalized spacial score (nSPS) is 11.4. The minimum atomic E-state index is -3.62. The predicted molar refractivity (Wildman–Crippen MR) is 85.9 cm³/mol. The van der Waals surface area contributed by atoms with Crippen LogP contribution in [0.15, 0.2) is 45.8 Å². The van der Waals surface area contributed by atoms with Crippen molar-refractivity contribution in [2.75, 3.05) is 4.72 Å². The van der Waals surface area contributed by atoms with Gasteiger partial charge in [-0.3, -0.25) is 4.72 Å². The number of hydrogen-bond acceptors (Lipinski definition) is 2. The Labute approximate surface area is 132 Å². The number of rotatable bonds is 3. The quantitative estimate of drug-likeness (QED) is 0.858. The molecule has 20 heavy (non-hydrogen) atoms. The van der Waals surface area contributed by atoms with Gasteiger partial charge in [-0.05, 0) is 59.6 Å². The van der Waals surface area contributed by atoms with Gasteiger partial charge in [-0.25, -0.2) is 8.42 Å². The number of nitrogens with one attached hydrogen (secondary N) is 1. The molecule has 6 heteroatoms. The smallest absolute Gasteiger partial charge is 0.262 e. The topological polar surface area (TPSA) is 46.2 Å². The lowest BCUT2D eigenvalue weighted by atomic mass is 10.2. The number of anilines is 1. The van der Waals surface area contributed by atoms with Crippen LogP contribution in [0.2, 0.25) is 5.02 Å². The maximum Gasteiger partial charge on any atom is 0.262 e. The SMILES string of the molecule is Cc1ccc(S(=O)(=O)Nc2ccc(Cl)cc2Br)c(C)c1. The zero-order valence-electron chi connectivity index (χ0n) is 10.9. The second kappa shape index (κ2) is 5.76. The standard InChI is InChI=1S/C14H13BrClNO2S/c1-9-3-6-14(10(2)7-9)20(18,19)17-13-5-4-11(16)8-12(13)15/h3-8,17H,1-2H3. The van der Waals surface area contributed by atoms with Crippen LogP contribution < -0.4 is 4.72 Å². The molecule has 0 spiro atoms. The fraction of sp³-hybridized carbons (Fsp3) is 0.143. The summed E-state index contributed by atoms with van der Waals surface area (Å²) < 4.78 is 28.0. The maximum absolute atomic E-state index is 12.4. The number of benzene rings is 2. The van der Waals surface area contributed by atoms with Gasteiger partial charge in [0.1, 0.15) is 0 Å². The lowest BCUT2D eigenvalue weighted by molar-refractivity contribution is 0.600. The van der Waals surface area contributed by atoms with Crippen LogP contribution in [0.4, 0.5) is 5.69 Å². The molecule has 0 aliphatic heterocycles. The van der Waals surface area contributed by atoms with Crippen molar-refractivity contribution < 1.29 is 8.42 Å². The Hall–Kier alpha value is -1.04. The van der Waals surface area contributed by atoms with Crippen molar-refractivity contribution in [3.8, 4) is 0 Å². The molecule has 0 atom stereocenters. The first-order chi connectivity index (χ1) is 9.29. The molecule has 0 saturated carbocycles. The number of sulfonamides is 1. The lowest BCUT2D eigenvalue weighted by Crippen LogP contribution is -2.14. The molecule has 0 aromatic heterocycles. The van der Waals surface area contributed by atoms with Crippen molar-refractivity contribution in [2.24, 2.45) is 0 Å². The van der Waals surface area contributed by atoms with E-state index in [4.69, 9.17) is 11.6 Å². The van der Waals surface area contributed by atoms with Crippen LogP contribution in [0.5, 0.6) is 0 Å². The lowest BCUT2D eigenvalue weighted by Gasteiger charge is -2.12. The monoisotopic (exact) mass is 373 g/mol. The number of halogens is 2. The number of hydrogen-bond donors (Lipinski definition) is 1. The van der Waals surface area contributed by atoms with Gasteiger partial charge in [0.15, 0.2) is 0 Å². The van der Waals surface area contributed by atoms with Gasteiger partial charge in [0, 0.05) is 9.50 Å². The van der Waals surface area contributed by atoms with E-state index in [9.17, 15) is 8.42 Å². The summed E-state index contributed by atoms with van der Waals surface area (Å²) in [5, 5.41) is 0.534. The van der Waals surface area contributed by atoms with Crippen LogP contribution in [-0.4, -0.2) is 8.42 Å². The third-order valence-electron chi connectivity index (χ3n) is 2.80. The molecule has 0 saturated heterocycles. The van der Waals surface area contributed by atoms with E-state index in [0.717, 1.165) is 5.56 Å². The first-order valence-electron chi connectivity index (χ1n) is 5.85. The molecule has 0 aliphatic carbocycles. The highest BCUT2D eigenvalue weighted by Gasteiger charge is 2.18. The highest BCUT2D eigenvalue weighted by molar-refractivity contribution is 9.10. The highest BCUT2D eigenvalue weighted by Crippen LogP contribution is 2.28. The van der Waals surface area contributed by atoms with Crippen molar-refractivity contribution in [3.05, 3.63) is 57.0 Å². The molecule has 2 aromatic carbocycles. The Bertz CT molecular complexity index is 760. The summed E-state index contributed by atoms with van der Waals surface area (Å²) in [5.74, 6) is 0. The van der Waals surface area contributed by atoms with E-state index in [2.05, 4.69) is 20.7 Å². The molecule has 0 aliphatic rings. The van der Waals surface area contributed by atoms with Crippen LogP contribution in [-0.2, 0) is 10.0 Å². The van der Waals surface area contributed by atoms with Gasteiger partial charge in [0.25, 0.3) is 10.0 Å².